The van der Waals surface area contributed by atoms with Crippen LogP contribution < -0.4 is 0 Å². The molecular weight excluding hydrogens is 262 g/mol. The third-order valence-corrected chi connectivity index (χ3v) is 3.80. The van der Waals surface area contributed by atoms with Gasteiger partial charge in [-0.1, -0.05) is 36.7 Å². The summed E-state index contributed by atoms with van der Waals surface area (Å²) >= 11 is 6.34. The standard InChI is InChI=1S/C15H16ClNO2/c1-4-10-6-5-7-11-12(8-9(2)15(18)19)14(16)17(3)13(10)11/h5-8H,4H2,1-3H3,(H,18,19)/b9-8+. The number of rotatable bonds is 3. The van der Waals surface area contributed by atoms with Crippen LogP contribution in [0.4, 0.5) is 0 Å². The molecule has 0 saturated carbocycles. The summed E-state index contributed by atoms with van der Waals surface area (Å²) in [4.78, 5) is 11.0. The van der Waals surface area contributed by atoms with E-state index in [4.69, 9.17) is 16.7 Å². The smallest absolute Gasteiger partial charge is 0.331 e. The van der Waals surface area contributed by atoms with Gasteiger partial charge < -0.3 is 9.67 Å². The molecule has 0 atom stereocenters. The monoisotopic (exact) mass is 277 g/mol. The number of hydrogen-bond donors (Lipinski definition) is 1. The number of benzene rings is 1. The van der Waals surface area contributed by atoms with Crippen LogP contribution in [0.25, 0.3) is 17.0 Å². The summed E-state index contributed by atoms with van der Waals surface area (Å²) < 4.78 is 1.91. The van der Waals surface area contributed by atoms with Crippen LogP contribution in [0.3, 0.4) is 0 Å². The van der Waals surface area contributed by atoms with E-state index in [1.807, 2.05) is 23.7 Å². The highest BCUT2D eigenvalue weighted by atomic mass is 35.5. The van der Waals surface area contributed by atoms with Gasteiger partial charge in [-0.25, -0.2) is 4.79 Å². The maximum atomic E-state index is 11.0. The molecule has 0 amide bonds. The summed E-state index contributed by atoms with van der Waals surface area (Å²) in [5.74, 6) is -0.931. The first-order valence-electron chi connectivity index (χ1n) is 6.14. The summed E-state index contributed by atoms with van der Waals surface area (Å²) in [6.07, 6.45) is 2.54. The van der Waals surface area contributed by atoms with Crippen LogP contribution >= 0.6 is 11.6 Å². The SMILES string of the molecule is CCc1cccc2c(/C=C(\C)C(=O)O)c(Cl)n(C)c12. The normalized spacial score (nSPS) is 12.1. The molecular formula is C15H16ClNO2. The number of aromatic nitrogens is 1. The van der Waals surface area contributed by atoms with E-state index in [-0.39, 0.29) is 5.57 Å². The van der Waals surface area contributed by atoms with E-state index in [1.54, 1.807) is 13.0 Å². The van der Waals surface area contributed by atoms with Gasteiger partial charge in [-0.2, -0.15) is 0 Å². The van der Waals surface area contributed by atoms with E-state index < -0.39 is 5.97 Å². The van der Waals surface area contributed by atoms with Crippen LogP contribution in [-0.4, -0.2) is 15.6 Å². The zero-order chi connectivity index (χ0) is 14.2. The maximum absolute atomic E-state index is 11.0. The molecule has 1 aromatic heterocycles. The molecule has 3 nitrogen and oxygen atoms in total. The average molecular weight is 278 g/mol. The van der Waals surface area contributed by atoms with Crippen molar-refractivity contribution in [1.82, 2.24) is 4.57 Å². The van der Waals surface area contributed by atoms with Crippen molar-refractivity contribution in [3.8, 4) is 0 Å². The minimum Gasteiger partial charge on any atom is -0.478 e. The van der Waals surface area contributed by atoms with Crippen molar-refractivity contribution in [1.29, 1.82) is 0 Å². The number of carbonyl (C=O) groups is 1. The van der Waals surface area contributed by atoms with E-state index >= 15 is 0 Å². The van der Waals surface area contributed by atoms with Gasteiger partial charge in [-0.05, 0) is 25.0 Å². The fourth-order valence-corrected chi connectivity index (χ4v) is 2.54. The number of carboxylic acid groups (broad SMARTS) is 1. The van der Waals surface area contributed by atoms with E-state index in [9.17, 15) is 4.79 Å². The van der Waals surface area contributed by atoms with Crippen molar-refractivity contribution in [3.63, 3.8) is 0 Å². The lowest BCUT2D eigenvalue weighted by Crippen LogP contribution is -1.95. The molecule has 0 fully saturated rings. The Bertz CT molecular complexity index is 683. The van der Waals surface area contributed by atoms with Crippen molar-refractivity contribution in [2.75, 3.05) is 0 Å². The predicted molar refractivity (Wildman–Crippen MR) is 78.6 cm³/mol. The van der Waals surface area contributed by atoms with Crippen LogP contribution in [0.1, 0.15) is 25.0 Å². The van der Waals surface area contributed by atoms with E-state index in [2.05, 4.69) is 13.0 Å². The van der Waals surface area contributed by atoms with Crippen LogP contribution in [-0.2, 0) is 18.3 Å². The van der Waals surface area contributed by atoms with Gasteiger partial charge >= 0.3 is 5.97 Å². The van der Waals surface area contributed by atoms with Crippen molar-refractivity contribution in [3.05, 3.63) is 40.1 Å². The molecule has 0 saturated heterocycles. The minimum absolute atomic E-state index is 0.274. The number of carboxylic acids is 1. The zero-order valence-corrected chi connectivity index (χ0v) is 12.0. The molecule has 0 aliphatic carbocycles. The summed E-state index contributed by atoms with van der Waals surface area (Å²) in [6, 6.07) is 6.02. The number of hydrogen-bond acceptors (Lipinski definition) is 1. The average Bonchev–Trinajstić information content (AvgIpc) is 2.63. The summed E-state index contributed by atoms with van der Waals surface area (Å²) in [6.45, 7) is 3.66. The van der Waals surface area contributed by atoms with E-state index in [0.29, 0.717) is 5.15 Å². The second kappa shape index (κ2) is 5.10. The molecule has 1 heterocycles. The second-order valence-corrected chi connectivity index (χ2v) is 4.92. The number of aliphatic carboxylic acids is 1. The molecule has 2 aromatic rings. The quantitative estimate of drug-likeness (QED) is 0.865. The zero-order valence-electron chi connectivity index (χ0n) is 11.2. The highest BCUT2D eigenvalue weighted by molar-refractivity contribution is 6.33. The lowest BCUT2D eigenvalue weighted by Gasteiger charge is -2.03. The second-order valence-electron chi connectivity index (χ2n) is 4.56. The Morgan fingerprint density at radius 1 is 1.47 bits per heavy atom. The number of fused-ring (bicyclic) bond motifs is 1. The summed E-state index contributed by atoms with van der Waals surface area (Å²) in [5, 5.41) is 10.6. The summed E-state index contributed by atoms with van der Waals surface area (Å²) in [5.41, 5.74) is 3.32. The maximum Gasteiger partial charge on any atom is 0.331 e. The van der Waals surface area contributed by atoms with E-state index in [0.717, 1.165) is 22.9 Å². The Labute approximate surface area is 117 Å². The Hall–Kier alpha value is -1.74. The fraction of sp³-hybridized carbons (Fsp3) is 0.267. The van der Waals surface area contributed by atoms with Gasteiger partial charge in [-0.15, -0.1) is 0 Å². The van der Waals surface area contributed by atoms with Crippen molar-refractivity contribution < 1.29 is 9.90 Å². The molecule has 4 heteroatoms. The molecule has 0 bridgehead atoms. The van der Waals surface area contributed by atoms with Gasteiger partial charge in [0.15, 0.2) is 0 Å². The van der Waals surface area contributed by atoms with Gasteiger partial charge in [0.1, 0.15) is 5.15 Å². The van der Waals surface area contributed by atoms with Crippen LogP contribution in [0.5, 0.6) is 0 Å². The lowest BCUT2D eigenvalue weighted by atomic mass is 10.1. The van der Waals surface area contributed by atoms with Gasteiger partial charge in [0, 0.05) is 23.6 Å². The van der Waals surface area contributed by atoms with Crippen molar-refractivity contribution >= 4 is 34.5 Å². The van der Waals surface area contributed by atoms with Crippen molar-refractivity contribution in [2.24, 2.45) is 7.05 Å². The molecule has 0 aliphatic heterocycles. The first-order chi connectivity index (χ1) is 8.97. The Balaban J connectivity index is 2.80. The lowest BCUT2D eigenvalue weighted by molar-refractivity contribution is -0.132. The van der Waals surface area contributed by atoms with Crippen LogP contribution in [0, 0.1) is 0 Å². The molecule has 2 rings (SSSR count). The predicted octanol–water partition coefficient (Wildman–Crippen LogP) is 3.88. The van der Waals surface area contributed by atoms with Crippen LogP contribution in [0.2, 0.25) is 5.15 Å². The third kappa shape index (κ3) is 2.26. The Morgan fingerprint density at radius 2 is 2.16 bits per heavy atom. The van der Waals surface area contributed by atoms with Gasteiger partial charge in [0.2, 0.25) is 0 Å². The van der Waals surface area contributed by atoms with Crippen LogP contribution in [0.15, 0.2) is 23.8 Å². The first kappa shape index (κ1) is 13.7. The fourth-order valence-electron chi connectivity index (χ4n) is 2.30. The van der Waals surface area contributed by atoms with Gasteiger partial charge in [0.05, 0.1) is 5.52 Å². The largest absolute Gasteiger partial charge is 0.478 e. The summed E-state index contributed by atoms with van der Waals surface area (Å²) in [7, 11) is 1.90. The Kier molecular flexibility index (Phi) is 3.67. The molecule has 0 unspecified atom stereocenters. The molecule has 1 aromatic carbocycles. The number of aryl methyl sites for hydroxylation is 2. The number of nitrogens with zero attached hydrogens (tertiary/aromatic N) is 1. The van der Waals surface area contributed by atoms with Gasteiger partial charge in [0.25, 0.3) is 0 Å². The molecule has 100 valence electrons. The highest BCUT2D eigenvalue weighted by Gasteiger charge is 2.15. The molecule has 19 heavy (non-hydrogen) atoms. The number of para-hydroxylation sites is 1. The number of halogens is 1. The van der Waals surface area contributed by atoms with E-state index in [1.165, 1.54) is 5.56 Å². The first-order valence-corrected chi connectivity index (χ1v) is 6.52. The molecule has 0 spiro atoms. The molecule has 1 N–H and O–H groups in total. The molecule has 0 radical (unpaired) electrons. The topological polar surface area (TPSA) is 42.2 Å². The minimum atomic E-state index is -0.931. The highest BCUT2D eigenvalue weighted by Crippen LogP contribution is 2.33. The van der Waals surface area contributed by atoms with Crippen molar-refractivity contribution in [2.45, 2.75) is 20.3 Å². The third-order valence-electron chi connectivity index (χ3n) is 3.34. The molecule has 0 aliphatic rings. The Morgan fingerprint density at radius 3 is 2.74 bits per heavy atom. The van der Waals surface area contributed by atoms with Gasteiger partial charge in [-0.3, -0.25) is 0 Å².